The number of piperidine rings is 1. The first-order valence-electron chi connectivity index (χ1n) is 8.67. The van der Waals surface area contributed by atoms with Crippen LogP contribution in [0.1, 0.15) is 18.5 Å². The second-order valence-electron chi connectivity index (χ2n) is 6.62. The number of alkyl halides is 3. The molecule has 1 aliphatic rings. The van der Waals surface area contributed by atoms with E-state index in [0.717, 1.165) is 10.8 Å². The molecule has 0 saturated carbocycles. The molecule has 0 amide bonds. The molecule has 1 aliphatic heterocycles. The van der Waals surface area contributed by atoms with Crippen LogP contribution in [0.3, 0.4) is 0 Å². The van der Waals surface area contributed by atoms with Gasteiger partial charge in [-0.25, -0.2) is 13.4 Å². The fraction of sp³-hybridized carbons (Fsp3) is 0.733. The van der Waals surface area contributed by atoms with Crippen LogP contribution in [0.5, 0.6) is 0 Å². The minimum Gasteiger partial charge on any atom is -0.356 e. The summed E-state index contributed by atoms with van der Waals surface area (Å²) in [6, 6.07) is 0. The minimum absolute atomic E-state index is 0.0675. The smallest absolute Gasteiger partial charge is 0.356 e. The normalized spacial score (nSPS) is 17.6. The molecule has 1 saturated heterocycles. The largest absolute Gasteiger partial charge is 0.511 e. The van der Waals surface area contributed by atoms with E-state index in [1.165, 1.54) is 11.3 Å². The summed E-state index contributed by atoms with van der Waals surface area (Å²) in [5.41, 5.74) is -4.37. The van der Waals surface area contributed by atoms with Crippen LogP contribution in [0.25, 0.3) is 0 Å². The number of thiazole rings is 1. The Kier molecular flexibility index (Phi) is 7.51. The summed E-state index contributed by atoms with van der Waals surface area (Å²) in [4.78, 5) is 10.5. The van der Waals surface area contributed by atoms with Crippen molar-refractivity contribution in [2.75, 3.05) is 45.7 Å². The van der Waals surface area contributed by atoms with Crippen LogP contribution < -0.4 is 15.5 Å². The Morgan fingerprint density at radius 1 is 1.36 bits per heavy atom. The maximum atomic E-state index is 12.6. The third-order valence-electron chi connectivity index (χ3n) is 4.35. The van der Waals surface area contributed by atoms with Gasteiger partial charge in [0.2, 0.25) is 0 Å². The molecular formula is C15H25F3N6O2S2. The molecule has 2 heterocycles. The average Bonchev–Trinajstić information content (AvgIpc) is 3.10. The van der Waals surface area contributed by atoms with Crippen molar-refractivity contribution in [2.45, 2.75) is 24.9 Å². The number of rotatable bonds is 6. The molecule has 2 rings (SSSR count). The number of nitrogens with zero attached hydrogens (tertiary/aromatic N) is 4. The second kappa shape index (κ2) is 9.27. The van der Waals surface area contributed by atoms with E-state index in [9.17, 15) is 21.6 Å². The predicted molar refractivity (Wildman–Crippen MR) is 104 cm³/mol. The number of nitrogens with one attached hydrogen (secondary N) is 2. The first kappa shape index (κ1) is 22.7. The van der Waals surface area contributed by atoms with Crippen LogP contribution in [0.2, 0.25) is 0 Å². The third-order valence-corrected chi connectivity index (χ3v) is 7.03. The molecule has 0 atom stereocenters. The molecule has 0 radical (unpaired) electrons. The number of anilines is 1. The average molecular weight is 443 g/mol. The van der Waals surface area contributed by atoms with E-state index in [0.29, 0.717) is 36.2 Å². The molecule has 2 N–H and O–H groups in total. The maximum Gasteiger partial charge on any atom is 0.511 e. The van der Waals surface area contributed by atoms with Crippen LogP contribution >= 0.6 is 11.3 Å². The molecule has 1 aromatic heterocycles. The molecular weight excluding hydrogens is 417 g/mol. The number of halogens is 3. The van der Waals surface area contributed by atoms with Gasteiger partial charge in [-0.3, -0.25) is 4.99 Å². The summed E-state index contributed by atoms with van der Waals surface area (Å²) in [6.07, 6.45) is 0.717. The lowest BCUT2D eigenvalue weighted by Gasteiger charge is -2.31. The van der Waals surface area contributed by atoms with Crippen molar-refractivity contribution in [3.63, 3.8) is 0 Å². The Balaban J connectivity index is 1.77. The van der Waals surface area contributed by atoms with Crippen molar-refractivity contribution in [3.05, 3.63) is 11.1 Å². The number of hydrogen-bond donors (Lipinski definition) is 2. The number of guanidine groups is 1. The van der Waals surface area contributed by atoms with Crippen molar-refractivity contribution in [2.24, 2.45) is 10.9 Å². The molecule has 0 aromatic carbocycles. The van der Waals surface area contributed by atoms with Gasteiger partial charge in [-0.2, -0.15) is 17.5 Å². The zero-order valence-electron chi connectivity index (χ0n) is 16.0. The SMILES string of the molecule is CN=C(NCc1csc(N(C)C)n1)NCC1CCN(S(=O)(=O)C(F)(F)F)CC1. The molecule has 1 fully saturated rings. The quantitative estimate of drug-likeness (QED) is 0.512. The summed E-state index contributed by atoms with van der Waals surface area (Å²) in [5.74, 6) is 0.627. The van der Waals surface area contributed by atoms with Gasteiger partial charge in [0.15, 0.2) is 11.1 Å². The van der Waals surface area contributed by atoms with Crippen LogP contribution in [0.4, 0.5) is 18.3 Å². The zero-order valence-corrected chi connectivity index (χ0v) is 17.6. The Hall–Kier alpha value is -1.60. The Bertz CT molecular complexity index is 771. The summed E-state index contributed by atoms with van der Waals surface area (Å²) in [6.45, 7) is 0.727. The van der Waals surface area contributed by atoms with E-state index >= 15 is 0 Å². The highest BCUT2D eigenvalue weighted by atomic mass is 32.2. The van der Waals surface area contributed by atoms with Gasteiger partial charge in [-0.15, -0.1) is 11.3 Å². The van der Waals surface area contributed by atoms with Gasteiger partial charge in [0, 0.05) is 46.2 Å². The lowest BCUT2D eigenvalue weighted by atomic mass is 9.98. The van der Waals surface area contributed by atoms with E-state index in [1.54, 1.807) is 7.05 Å². The lowest BCUT2D eigenvalue weighted by Crippen LogP contribution is -2.47. The van der Waals surface area contributed by atoms with Crippen LogP contribution in [0, 0.1) is 5.92 Å². The van der Waals surface area contributed by atoms with Gasteiger partial charge in [0.25, 0.3) is 0 Å². The molecule has 0 unspecified atom stereocenters. The molecule has 13 heteroatoms. The van der Waals surface area contributed by atoms with Crippen LogP contribution in [0.15, 0.2) is 10.4 Å². The summed E-state index contributed by atoms with van der Waals surface area (Å²) < 4.78 is 61.2. The van der Waals surface area contributed by atoms with E-state index in [-0.39, 0.29) is 19.0 Å². The lowest BCUT2D eigenvalue weighted by molar-refractivity contribution is -0.0496. The van der Waals surface area contributed by atoms with E-state index in [1.807, 2.05) is 24.4 Å². The summed E-state index contributed by atoms with van der Waals surface area (Å²) >= 11 is 1.54. The molecule has 1 aromatic rings. The summed E-state index contributed by atoms with van der Waals surface area (Å²) in [5, 5.41) is 9.13. The fourth-order valence-corrected chi connectivity index (χ4v) is 4.46. The van der Waals surface area contributed by atoms with Crippen molar-refractivity contribution in [1.82, 2.24) is 19.9 Å². The van der Waals surface area contributed by atoms with Crippen LogP contribution in [-0.4, -0.2) is 70.0 Å². The molecule has 28 heavy (non-hydrogen) atoms. The highest BCUT2D eigenvalue weighted by Gasteiger charge is 2.50. The molecule has 8 nitrogen and oxygen atoms in total. The van der Waals surface area contributed by atoms with E-state index in [2.05, 4.69) is 20.6 Å². The standard InChI is InChI=1S/C15H25F3N6O2S2/c1-19-13(21-9-12-10-27-14(22-12)23(2)3)20-8-11-4-6-24(7-5-11)28(25,26)15(16,17)18/h10-11H,4-9H2,1-3H3,(H2,19,20,21). The van der Waals surface area contributed by atoms with Gasteiger partial charge in [0.1, 0.15) is 0 Å². The first-order valence-corrected chi connectivity index (χ1v) is 11.0. The Morgan fingerprint density at radius 3 is 2.50 bits per heavy atom. The number of sulfonamides is 1. The number of aliphatic imine (C=N–C) groups is 1. The molecule has 0 aliphatic carbocycles. The first-order chi connectivity index (χ1) is 13.0. The minimum atomic E-state index is -5.24. The van der Waals surface area contributed by atoms with E-state index in [4.69, 9.17) is 0 Å². The van der Waals surface area contributed by atoms with Crippen molar-refractivity contribution >= 4 is 32.5 Å². The van der Waals surface area contributed by atoms with Crippen molar-refractivity contribution < 1.29 is 21.6 Å². The molecule has 0 bridgehead atoms. The van der Waals surface area contributed by atoms with Gasteiger partial charge in [0.05, 0.1) is 12.2 Å². The van der Waals surface area contributed by atoms with Gasteiger partial charge < -0.3 is 15.5 Å². The predicted octanol–water partition coefficient (Wildman–Crippen LogP) is 1.44. The molecule has 160 valence electrons. The van der Waals surface area contributed by atoms with Crippen LogP contribution in [-0.2, 0) is 16.6 Å². The second-order valence-corrected chi connectivity index (χ2v) is 9.38. The highest BCUT2D eigenvalue weighted by Crippen LogP contribution is 2.30. The monoisotopic (exact) mass is 442 g/mol. The number of aromatic nitrogens is 1. The highest BCUT2D eigenvalue weighted by molar-refractivity contribution is 7.90. The number of hydrogen-bond acceptors (Lipinski definition) is 6. The van der Waals surface area contributed by atoms with E-state index < -0.39 is 15.5 Å². The third kappa shape index (κ3) is 5.70. The maximum absolute atomic E-state index is 12.6. The molecule has 0 spiro atoms. The van der Waals surface area contributed by atoms with Crippen molar-refractivity contribution in [3.8, 4) is 0 Å². The Labute approximate surface area is 166 Å². The van der Waals surface area contributed by atoms with Gasteiger partial charge in [-0.1, -0.05) is 0 Å². The summed E-state index contributed by atoms with van der Waals surface area (Å²) in [7, 11) is 0.227. The van der Waals surface area contributed by atoms with Crippen molar-refractivity contribution in [1.29, 1.82) is 0 Å². The topological polar surface area (TPSA) is 89.9 Å². The zero-order chi connectivity index (χ0) is 20.9. The fourth-order valence-electron chi connectivity index (χ4n) is 2.72. The van der Waals surface area contributed by atoms with Gasteiger partial charge >= 0.3 is 15.5 Å². The van der Waals surface area contributed by atoms with Gasteiger partial charge in [-0.05, 0) is 18.8 Å². The Morgan fingerprint density at radius 2 is 2.00 bits per heavy atom.